The highest BCUT2D eigenvalue weighted by Crippen LogP contribution is 2.20. The Morgan fingerprint density at radius 1 is 1.04 bits per heavy atom. The Kier molecular flexibility index (Phi) is 7.56. The third-order valence-corrected chi connectivity index (χ3v) is 4.17. The number of benzene rings is 2. The Morgan fingerprint density at radius 3 is 2.39 bits per heavy atom. The van der Waals surface area contributed by atoms with Gasteiger partial charge in [-0.2, -0.15) is 0 Å². The van der Waals surface area contributed by atoms with Crippen LogP contribution in [0.3, 0.4) is 0 Å². The zero-order valence-corrected chi connectivity index (χ0v) is 16.0. The fraction of sp³-hybridized carbons (Fsp3) is 0.286. The molecular formula is C21H25N3O4. The molecule has 3 amide bonds. The van der Waals surface area contributed by atoms with Gasteiger partial charge in [-0.05, 0) is 43.0 Å². The molecule has 1 atom stereocenters. The first-order valence-corrected chi connectivity index (χ1v) is 9.05. The molecule has 0 radical (unpaired) electrons. The summed E-state index contributed by atoms with van der Waals surface area (Å²) in [5.41, 5.74) is 3.05. The Hall–Kier alpha value is -3.35. The molecule has 0 saturated heterocycles. The predicted octanol–water partition coefficient (Wildman–Crippen LogP) is 3.55. The smallest absolute Gasteiger partial charge is 0.319 e. The number of rotatable bonds is 8. The third-order valence-electron chi connectivity index (χ3n) is 4.17. The fourth-order valence-corrected chi connectivity index (χ4v) is 2.80. The highest BCUT2D eigenvalue weighted by atomic mass is 16.4. The van der Waals surface area contributed by atoms with Gasteiger partial charge in [0.15, 0.2) is 0 Å². The predicted molar refractivity (Wildman–Crippen MR) is 108 cm³/mol. The SMILES string of the molecule is CC(=O)Nc1cc(NC(=O)NC(CCC(=O)O)Cc2ccccc2)ccc1C. The van der Waals surface area contributed by atoms with E-state index < -0.39 is 12.0 Å². The normalized spacial score (nSPS) is 11.4. The summed E-state index contributed by atoms with van der Waals surface area (Å²) in [7, 11) is 0. The molecule has 7 nitrogen and oxygen atoms in total. The van der Waals surface area contributed by atoms with E-state index in [1.165, 1.54) is 6.92 Å². The van der Waals surface area contributed by atoms with Crippen LogP contribution in [-0.4, -0.2) is 29.1 Å². The summed E-state index contributed by atoms with van der Waals surface area (Å²) < 4.78 is 0. The first-order valence-electron chi connectivity index (χ1n) is 9.05. The Bertz CT molecular complexity index is 837. The minimum atomic E-state index is -0.904. The Morgan fingerprint density at radius 2 is 1.75 bits per heavy atom. The van der Waals surface area contributed by atoms with Crippen LogP contribution < -0.4 is 16.0 Å². The molecule has 0 aliphatic carbocycles. The molecule has 0 spiro atoms. The average molecular weight is 383 g/mol. The van der Waals surface area contributed by atoms with Crippen LogP contribution in [0.15, 0.2) is 48.5 Å². The molecule has 0 fully saturated rings. The second kappa shape index (κ2) is 10.1. The summed E-state index contributed by atoms with van der Waals surface area (Å²) in [5, 5.41) is 17.3. The average Bonchev–Trinajstić information content (AvgIpc) is 2.63. The van der Waals surface area contributed by atoms with Crippen LogP contribution in [0.5, 0.6) is 0 Å². The lowest BCUT2D eigenvalue weighted by atomic mass is 10.0. The van der Waals surface area contributed by atoms with Crippen molar-refractivity contribution >= 4 is 29.3 Å². The van der Waals surface area contributed by atoms with E-state index in [9.17, 15) is 14.4 Å². The van der Waals surface area contributed by atoms with Crippen molar-refractivity contribution in [2.24, 2.45) is 0 Å². The van der Waals surface area contributed by atoms with Crippen LogP contribution in [-0.2, 0) is 16.0 Å². The standard InChI is InChI=1S/C21H25N3O4/c1-14-8-9-18(13-19(14)22-15(2)25)24-21(28)23-17(10-11-20(26)27)12-16-6-4-3-5-7-16/h3-9,13,17H,10-12H2,1-2H3,(H,22,25)(H,26,27)(H2,23,24,28). The van der Waals surface area contributed by atoms with Crippen LogP contribution in [0.25, 0.3) is 0 Å². The first-order chi connectivity index (χ1) is 13.3. The molecule has 0 aliphatic rings. The summed E-state index contributed by atoms with van der Waals surface area (Å²) >= 11 is 0. The molecule has 28 heavy (non-hydrogen) atoms. The molecule has 0 aliphatic heterocycles. The summed E-state index contributed by atoms with van der Waals surface area (Å²) in [6.45, 7) is 3.28. The minimum Gasteiger partial charge on any atom is -0.481 e. The molecule has 2 aromatic carbocycles. The number of carboxylic acid groups (broad SMARTS) is 1. The van der Waals surface area contributed by atoms with Crippen LogP contribution in [0, 0.1) is 6.92 Å². The number of nitrogens with one attached hydrogen (secondary N) is 3. The highest BCUT2D eigenvalue weighted by Gasteiger charge is 2.15. The number of hydrogen-bond acceptors (Lipinski definition) is 3. The number of carbonyl (C=O) groups excluding carboxylic acids is 2. The topological polar surface area (TPSA) is 108 Å². The molecule has 148 valence electrons. The zero-order valence-electron chi connectivity index (χ0n) is 16.0. The fourth-order valence-electron chi connectivity index (χ4n) is 2.80. The van der Waals surface area contributed by atoms with Gasteiger partial charge < -0.3 is 21.1 Å². The van der Waals surface area contributed by atoms with Gasteiger partial charge in [0, 0.05) is 30.8 Å². The van der Waals surface area contributed by atoms with E-state index in [0.717, 1.165) is 11.1 Å². The van der Waals surface area contributed by atoms with Gasteiger partial charge in [0.1, 0.15) is 0 Å². The van der Waals surface area contributed by atoms with Gasteiger partial charge in [0.25, 0.3) is 0 Å². The van der Waals surface area contributed by atoms with Crippen molar-refractivity contribution in [3.63, 3.8) is 0 Å². The van der Waals surface area contributed by atoms with Gasteiger partial charge >= 0.3 is 12.0 Å². The molecule has 2 rings (SSSR count). The lowest BCUT2D eigenvalue weighted by Crippen LogP contribution is -2.39. The summed E-state index contributed by atoms with van der Waals surface area (Å²) in [5.74, 6) is -1.10. The number of amides is 3. The number of carbonyl (C=O) groups is 3. The van der Waals surface area contributed by atoms with Crippen molar-refractivity contribution in [2.75, 3.05) is 10.6 Å². The van der Waals surface area contributed by atoms with E-state index in [-0.39, 0.29) is 18.4 Å². The number of aryl methyl sites for hydroxylation is 1. The minimum absolute atomic E-state index is 0.0327. The lowest BCUT2D eigenvalue weighted by Gasteiger charge is -2.19. The number of anilines is 2. The molecule has 0 saturated carbocycles. The van der Waals surface area contributed by atoms with Crippen molar-refractivity contribution in [3.05, 3.63) is 59.7 Å². The Labute approximate surface area is 164 Å². The van der Waals surface area contributed by atoms with E-state index >= 15 is 0 Å². The van der Waals surface area contributed by atoms with E-state index in [1.807, 2.05) is 37.3 Å². The number of carboxylic acids is 1. The second-order valence-corrected chi connectivity index (χ2v) is 6.63. The number of urea groups is 1. The van der Waals surface area contributed by atoms with Gasteiger partial charge in [-0.25, -0.2) is 4.79 Å². The van der Waals surface area contributed by atoms with Crippen LogP contribution >= 0.6 is 0 Å². The molecular weight excluding hydrogens is 358 g/mol. The maximum absolute atomic E-state index is 12.4. The van der Waals surface area contributed by atoms with E-state index in [2.05, 4.69) is 16.0 Å². The van der Waals surface area contributed by atoms with Gasteiger partial charge in [-0.3, -0.25) is 9.59 Å². The van der Waals surface area contributed by atoms with Crippen molar-refractivity contribution in [1.82, 2.24) is 5.32 Å². The molecule has 0 bridgehead atoms. The maximum atomic E-state index is 12.4. The lowest BCUT2D eigenvalue weighted by molar-refractivity contribution is -0.137. The molecule has 0 aromatic heterocycles. The highest BCUT2D eigenvalue weighted by molar-refractivity contribution is 5.93. The molecule has 2 aromatic rings. The van der Waals surface area contributed by atoms with Crippen LogP contribution in [0.1, 0.15) is 30.9 Å². The van der Waals surface area contributed by atoms with Crippen LogP contribution in [0.4, 0.5) is 16.2 Å². The monoisotopic (exact) mass is 383 g/mol. The largest absolute Gasteiger partial charge is 0.481 e. The Balaban J connectivity index is 2.03. The first kappa shape index (κ1) is 21.0. The maximum Gasteiger partial charge on any atom is 0.319 e. The van der Waals surface area contributed by atoms with Crippen molar-refractivity contribution < 1.29 is 19.5 Å². The van der Waals surface area contributed by atoms with Gasteiger partial charge in [0.05, 0.1) is 0 Å². The van der Waals surface area contributed by atoms with Crippen LogP contribution in [0.2, 0.25) is 0 Å². The molecule has 0 heterocycles. The zero-order chi connectivity index (χ0) is 20.5. The second-order valence-electron chi connectivity index (χ2n) is 6.63. The summed E-state index contributed by atoms with van der Waals surface area (Å²) in [4.78, 5) is 34.6. The van der Waals surface area contributed by atoms with E-state index in [4.69, 9.17) is 5.11 Å². The summed E-state index contributed by atoms with van der Waals surface area (Å²) in [6, 6.07) is 14.1. The van der Waals surface area contributed by atoms with Gasteiger partial charge in [0.2, 0.25) is 5.91 Å². The van der Waals surface area contributed by atoms with Crippen molar-refractivity contribution in [1.29, 1.82) is 0 Å². The number of hydrogen-bond donors (Lipinski definition) is 4. The van der Waals surface area contributed by atoms with Crippen molar-refractivity contribution in [2.45, 2.75) is 39.2 Å². The number of aliphatic carboxylic acids is 1. The quantitative estimate of drug-likeness (QED) is 0.559. The summed E-state index contributed by atoms with van der Waals surface area (Å²) in [6.07, 6.45) is 0.824. The van der Waals surface area contributed by atoms with E-state index in [1.54, 1.807) is 18.2 Å². The molecule has 4 N–H and O–H groups in total. The third kappa shape index (κ3) is 7.11. The molecule has 7 heteroatoms. The van der Waals surface area contributed by atoms with E-state index in [0.29, 0.717) is 24.2 Å². The van der Waals surface area contributed by atoms with Gasteiger partial charge in [-0.1, -0.05) is 36.4 Å². The molecule has 1 unspecified atom stereocenters. The van der Waals surface area contributed by atoms with Gasteiger partial charge in [-0.15, -0.1) is 0 Å². The van der Waals surface area contributed by atoms with Crippen molar-refractivity contribution in [3.8, 4) is 0 Å².